The van der Waals surface area contributed by atoms with Gasteiger partial charge in [0.25, 0.3) is 0 Å². The molecule has 1 unspecified atom stereocenters. The Bertz CT molecular complexity index is 948. The molecule has 1 atom stereocenters. The summed E-state index contributed by atoms with van der Waals surface area (Å²) in [5.74, 6) is -0.660. The van der Waals surface area contributed by atoms with Gasteiger partial charge in [-0.1, -0.05) is 42.9 Å². The molecule has 0 saturated heterocycles. The monoisotopic (exact) mass is 357 g/mol. The van der Waals surface area contributed by atoms with Gasteiger partial charge in [-0.05, 0) is 34.7 Å². The number of pyridine rings is 1. The number of carbonyl (C=O) groups excluding carboxylic acids is 1. The maximum Gasteiger partial charge on any atom is 0.245 e. The lowest BCUT2D eigenvalue weighted by atomic mass is 9.80. The predicted octanol–water partition coefficient (Wildman–Crippen LogP) is 2.52. The fourth-order valence-electron chi connectivity index (χ4n) is 3.06. The van der Waals surface area contributed by atoms with Crippen LogP contribution in [0.2, 0.25) is 0 Å². The highest BCUT2D eigenvalue weighted by Crippen LogP contribution is 2.22. The number of hydrogen-bond donors (Lipinski definition) is 3. The molecule has 0 aliphatic carbocycles. The number of aromatic nitrogens is 1. The van der Waals surface area contributed by atoms with Gasteiger partial charge in [-0.3, -0.25) is 9.78 Å². The number of nitrogens with zero attached hydrogens (tertiary/aromatic N) is 1. The lowest BCUT2D eigenvalue weighted by Crippen LogP contribution is -2.30. The second-order valence-corrected chi connectivity index (χ2v) is 6.27. The van der Waals surface area contributed by atoms with E-state index in [4.69, 9.17) is 5.73 Å². The third kappa shape index (κ3) is 4.24. The Morgan fingerprint density at radius 3 is 2.96 bits per heavy atom. The first kappa shape index (κ1) is 18.8. The molecule has 3 rings (SSSR count). The third-order valence-electron chi connectivity index (χ3n) is 4.59. The Balaban J connectivity index is 1.83. The van der Waals surface area contributed by atoms with Crippen LogP contribution in [0.3, 0.4) is 0 Å². The molecule has 0 spiro atoms. The van der Waals surface area contributed by atoms with E-state index in [9.17, 15) is 4.79 Å². The van der Waals surface area contributed by atoms with Crippen LogP contribution < -0.4 is 16.3 Å². The van der Waals surface area contributed by atoms with Crippen molar-refractivity contribution in [3.8, 4) is 0 Å². The first-order chi connectivity index (χ1) is 13.2. The summed E-state index contributed by atoms with van der Waals surface area (Å²) < 4.78 is 0. The molecule has 1 aromatic carbocycles. The highest BCUT2D eigenvalue weighted by atomic mass is 16.1. The van der Waals surface area contributed by atoms with Gasteiger partial charge in [0.15, 0.2) is 0 Å². The normalized spacial score (nSPS) is 15.4. The van der Waals surface area contributed by atoms with E-state index in [-0.39, 0.29) is 12.5 Å². The molecule has 0 saturated carbocycles. The van der Waals surface area contributed by atoms with Crippen molar-refractivity contribution in [2.75, 3.05) is 18.4 Å². The van der Waals surface area contributed by atoms with Crippen molar-refractivity contribution in [3.63, 3.8) is 0 Å². The predicted molar refractivity (Wildman–Crippen MR) is 112 cm³/mol. The van der Waals surface area contributed by atoms with Crippen molar-refractivity contribution in [2.45, 2.75) is 0 Å². The SMILES string of the molecule is C=CC1=C(/C=C(\C=C)C(CN)C(=O)Nc2ccc3cnccc3c2)[B]NC1. The summed E-state index contributed by atoms with van der Waals surface area (Å²) in [4.78, 5) is 17.0. The van der Waals surface area contributed by atoms with Gasteiger partial charge in [0.1, 0.15) is 0 Å². The Kier molecular flexibility index (Phi) is 6.01. The molecule has 0 fully saturated rings. The molecule has 6 heteroatoms. The van der Waals surface area contributed by atoms with Crippen LogP contribution in [0.15, 0.2) is 84.7 Å². The van der Waals surface area contributed by atoms with Crippen LogP contribution in [-0.2, 0) is 4.79 Å². The van der Waals surface area contributed by atoms with Crippen LogP contribution in [0, 0.1) is 5.92 Å². The number of hydrogen-bond acceptors (Lipinski definition) is 4. The molecular formula is C21H22BN4O. The molecule has 5 nitrogen and oxygen atoms in total. The van der Waals surface area contributed by atoms with Gasteiger partial charge in [0.05, 0.1) is 5.92 Å². The minimum absolute atomic E-state index is 0.163. The number of benzene rings is 1. The average molecular weight is 357 g/mol. The minimum atomic E-state index is -0.497. The van der Waals surface area contributed by atoms with Gasteiger partial charge >= 0.3 is 0 Å². The van der Waals surface area contributed by atoms with Crippen LogP contribution in [0.4, 0.5) is 5.69 Å². The molecule has 2 heterocycles. The molecule has 0 bridgehead atoms. The molecule has 135 valence electrons. The quantitative estimate of drug-likeness (QED) is 0.526. The van der Waals surface area contributed by atoms with Gasteiger partial charge in [-0.25, -0.2) is 0 Å². The van der Waals surface area contributed by atoms with E-state index in [1.54, 1.807) is 18.5 Å². The zero-order valence-corrected chi connectivity index (χ0v) is 15.1. The van der Waals surface area contributed by atoms with Gasteiger partial charge in [-0.2, -0.15) is 0 Å². The molecule has 27 heavy (non-hydrogen) atoms. The number of amides is 1. The first-order valence-corrected chi connectivity index (χ1v) is 8.77. The van der Waals surface area contributed by atoms with Crippen molar-refractivity contribution >= 4 is 29.8 Å². The molecule has 1 amide bonds. The average Bonchev–Trinajstić information content (AvgIpc) is 3.14. The molecule has 1 aromatic heterocycles. The highest BCUT2D eigenvalue weighted by Gasteiger charge is 2.21. The van der Waals surface area contributed by atoms with Gasteiger partial charge in [0.2, 0.25) is 13.3 Å². The molecular weight excluding hydrogens is 335 g/mol. The smallest absolute Gasteiger partial charge is 0.245 e. The number of anilines is 1. The van der Waals surface area contributed by atoms with Crippen molar-refractivity contribution < 1.29 is 4.79 Å². The fraction of sp³-hybridized carbons (Fsp3) is 0.143. The zero-order chi connectivity index (χ0) is 19.2. The van der Waals surface area contributed by atoms with Crippen LogP contribution in [0.25, 0.3) is 10.8 Å². The van der Waals surface area contributed by atoms with E-state index >= 15 is 0 Å². The van der Waals surface area contributed by atoms with E-state index in [2.05, 4.69) is 28.7 Å². The number of nitrogens with one attached hydrogen (secondary N) is 2. The van der Waals surface area contributed by atoms with Crippen molar-refractivity contribution in [3.05, 3.63) is 84.7 Å². The highest BCUT2D eigenvalue weighted by molar-refractivity contribution is 6.45. The summed E-state index contributed by atoms with van der Waals surface area (Å²) in [7, 11) is 1.91. The lowest BCUT2D eigenvalue weighted by molar-refractivity contribution is -0.118. The summed E-state index contributed by atoms with van der Waals surface area (Å²) in [6.45, 7) is 8.60. The second kappa shape index (κ2) is 8.62. The molecule has 1 radical (unpaired) electrons. The number of allylic oxidation sites excluding steroid dienone is 3. The van der Waals surface area contributed by atoms with E-state index in [0.29, 0.717) is 0 Å². The lowest BCUT2D eigenvalue weighted by Gasteiger charge is -2.17. The van der Waals surface area contributed by atoms with E-state index in [0.717, 1.165) is 39.6 Å². The van der Waals surface area contributed by atoms with Crippen LogP contribution in [0.1, 0.15) is 0 Å². The van der Waals surface area contributed by atoms with Crippen molar-refractivity contribution in [1.82, 2.24) is 10.2 Å². The van der Waals surface area contributed by atoms with Gasteiger partial charge in [0, 0.05) is 36.6 Å². The maximum atomic E-state index is 12.9. The number of nitrogens with two attached hydrogens (primary N) is 1. The van der Waals surface area contributed by atoms with E-state index in [1.807, 2.05) is 43.8 Å². The molecule has 4 N–H and O–H groups in total. The summed E-state index contributed by atoms with van der Waals surface area (Å²) in [6.07, 6.45) is 8.95. The number of rotatable bonds is 7. The third-order valence-corrected chi connectivity index (χ3v) is 4.59. The second-order valence-electron chi connectivity index (χ2n) is 6.27. The van der Waals surface area contributed by atoms with Crippen molar-refractivity contribution in [2.24, 2.45) is 11.7 Å². The van der Waals surface area contributed by atoms with Crippen LogP contribution in [0.5, 0.6) is 0 Å². The Labute approximate surface area is 160 Å². The first-order valence-electron chi connectivity index (χ1n) is 8.77. The largest absolute Gasteiger partial charge is 0.352 e. The maximum absolute atomic E-state index is 12.9. The Morgan fingerprint density at radius 2 is 2.22 bits per heavy atom. The Hall–Kier alpha value is -2.96. The zero-order valence-electron chi connectivity index (χ0n) is 15.1. The van der Waals surface area contributed by atoms with E-state index < -0.39 is 5.92 Å². The fourth-order valence-corrected chi connectivity index (χ4v) is 3.06. The summed E-state index contributed by atoms with van der Waals surface area (Å²) in [5, 5.41) is 8.15. The summed E-state index contributed by atoms with van der Waals surface area (Å²) in [6, 6.07) is 7.62. The minimum Gasteiger partial charge on any atom is -0.352 e. The van der Waals surface area contributed by atoms with Gasteiger partial charge < -0.3 is 16.3 Å². The van der Waals surface area contributed by atoms with Crippen LogP contribution >= 0.6 is 0 Å². The summed E-state index contributed by atoms with van der Waals surface area (Å²) in [5.41, 5.74) is 9.48. The van der Waals surface area contributed by atoms with E-state index in [1.165, 1.54) is 0 Å². The number of fused-ring (bicyclic) bond motifs is 1. The molecule has 1 aliphatic rings. The van der Waals surface area contributed by atoms with Crippen molar-refractivity contribution in [1.29, 1.82) is 0 Å². The standard InChI is InChI=1S/C21H22BN4O/c1-3-14(10-20-15(4-2)13-25-22-20)19(11-23)21(27)26-18-6-5-17-12-24-8-7-16(17)9-18/h3-10,12,19,25H,1-2,11,13,23H2,(H,26,27)/b14-10+. The van der Waals surface area contributed by atoms with Crippen LogP contribution in [-0.4, -0.2) is 31.4 Å². The topological polar surface area (TPSA) is 80.0 Å². The number of carbonyl (C=O) groups is 1. The van der Waals surface area contributed by atoms with Gasteiger partial charge in [-0.15, -0.1) is 0 Å². The Morgan fingerprint density at radius 1 is 1.37 bits per heavy atom. The molecule has 2 aromatic rings. The molecule has 1 aliphatic heterocycles. The summed E-state index contributed by atoms with van der Waals surface area (Å²) >= 11 is 0.